The lowest BCUT2D eigenvalue weighted by atomic mass is 10.1. The number of aryl methyl sites for hydroxylation is 4. The van der Waals surface area contributed by atoms with E-state index >= 15 is 0 Å². The van der Waals surface area contributed by atoms with Gasteiger partial charge < -0.3 is 4.74 Å². The highest BCUT2D eigenvalue weighted by atomic mass is 19.1. The smallest absolute Gasteiger partial charge is 0.174 e. The van der Waals surface area contributed by atoms with Gasteiger partial charge in [0.25, 0.3) is 0 Å². The van der Waals surface area contributed by atoms with E-state index in [2.05, 4.69) is 16.1 Å². The van der Waals surface area contributed by atoms with Crippen LogP contribution in [0.25, 0.3) is 28.2 Å². The number of hydrogen-bond donors (Lipinski definition) is 0. The van der Waals surface area contributed by atoms with Crippen LogP contribution in [0.1, 0.15) is 22.5 Å². The quantitative estimate of drug-likeness (QED) is 0.513. The summed E-state index contributed by atoms with van der Waals surface area (Å²) in [5, 5.41) is 4.67. The van der Waals surface area contributed by atoms with E-state index < -0.39 is 5.82 Å². The van der Waals surface area contributed by atoms with Crippen LogP contribution in [0.4, 0.5) is 4.39 Å². The topological polar surface area (TPSA) is 52.3 Å². The van der Waals surface area contributed by atoms with Gasteiger partial charge in [0.05, 0.1) is 29.8 Å². The summed E-state index contributed by atoms with van der Waals surface area (Å²) in [6.45, 7) is 7.85. The molecular formula is C22H21FN4O. The van der Waals surface area contributed by atoms with Crippen LogP contribution in [0.5, 0.6) is 5.75 Å². The molecular weight excluding hydrogens is 355 g/mol. The average molecular weight is 376 g/mol. The molecule has 0 aliphatic rings. The summed E-state index contributed by atoms with van der Waals surface area (Å²) in [7, 11) is 1.46. The van der Waals surface area contributed by atoms with E-state index in [1.807, 2.05) is 40.0 Å². The Morgan fingerprint density at radius 2 is 1.86 bits per heavy atom. The second-order valence-corrected chi connectivity index (χ2v) is 6.98. The van der Waals surface area contributed by atoms with Crippen molar-refractivity contribution >= 4 is 5.65 Å². The molecule has 0 radical (unpaired) electrons. The third-order valence-corrected chi connectivity index (χ3v) is 4.80. The molecule has 0 unspecified atom stereocenters. The Hall–Kier alpha value is -3.28. The molecule has 1 aromatic carbocycles. The predicted molar refractivity (Wildman–Crippen MR) is 107 cm³/mol. The molecule has 0 saturated carbocycles. The van der Waals surface area contributed by atoms with Gasteiger partial charge in [-0.25, -0.2) is 13.9 Å². The average Bonchev–Trinajstić information content (AvgIpc) is 2.97. The zero-order valence-electron chi connectivity index (χ0n) is 16.5. The van der Waals surface area contributed by atoms with Gasteiger partial charge in [-0.3, -0.25) is 4.98 Å². The summed E-state index contributed by atoms with van der Waals surface area (Å²) in [6.07, 6.45) is 1.84. The van der Waals surface area contributed by atoms with Gasteiger partial charge in [0.15, 0.2) is 17.2 Å². The van der Waals surface area contributed by atoms with Gasteiger partial charge in [0.1, 0.15) is 0 Å². The monoisotopic (exact) mass is 376 g/mol. The zero-order valence-corrected chi connectivity index (χ0v) is 16.5. The molecule has 0 saturated heterocycles. The van der Waals surface area contributed by atoms with E-state index in [9.17, 15) is 4.39 Å². The molecule has 0 bridgehead atoms. The van der Waals surface area contributed by atoms with Gasteiger partial charge in [0.2, 0.25) is 0 Å². The van der Waals surface area contributed by atoms with E-state index in [1.165, 1.54) is 7.11 Å². The third-order valence-electron chi connectivity index (χ3n) is 4.80. The molecule has 0 atom stereocenters. The van der Waals surface area contributed by atoms with Gasteiger partial charge in [-0.05, 0) is 57.0 Å². The number of ether oxygens (including phenoxy) is 1. The second kappa shape index (κ2) is 6.71. The van der Waals surface area contributed by atoms with Crippen molar-refractivity contribution in [3.8, 4) is 28.3 Å². The molecule has 3 heterocycles. The largest absolute Gasteiger partial charge is 0.494 e. The van der Waals surface area contributed by atoms with E-state index in [-0.39, 0.29) is 5.75 Å². The van der Waals surface area contributed by atoms with Crippen molar-refractivity contribution in [3.63, 3.8) is 0 Å². The molecule has 0 fully saturated rings. The number of aromatic nitrogens is 4. The lowest BCUT2D eigenvalue weighted by Crippen LogP contribution is -2.01. The van der Waals surface area contributed by atoms with Gasteiger partial charge in [-0.1, -0.05) is 12.1 Å². The molecule has 3 aromatic heterocycles. The van der Waals surface area contributed by atoms with Crippen LogP contribution in [0.15, 0.2) is 36.5 Å². The lowest BCUT2D eigenvalue weighted by molar-refractivity contribution is 0.387. The third kappa shape index (κ3) is 2.81. The normalized spacial score (nSPS) is 11.2. The SMILES string of the molecule is COc1cccc(-c2cc(C)nc3c(-c4ncc(C)cc4C)c(C)nn23)c1F. The summed E-state index contributed by atoms with van der Waals surface area (Å²) in [6, 6.07) is 9.00. The van der Waals surface area contributed by atoms with E-state index in [0.717, 1.165) is 33.8 Å². The Labute approximate surface area is 162 Å². The highest BCUT2D eigenvalue weighted by Gasteiger charge is 2.21. The molecule has 0 N–H and O–H groups in total. The van der Waals surface area contributed by atoms with Gasteiger partial charge in [-0.2, -0.15) is 5.10 Å². The van der Waals surface area contributed by atoms with Crippen molar-refractivity contribution in [3.05, 3.63) is 64.9 Å². The number of halogens is 1. The van der Waals surface area contributed by atoms with Crippen molar-refractivity contribution in [2.45, 2.75) is 27.7 Å². The Bertz CT molecular complexity index is 1210. The Kier molecular flexibility index (Phi) is 4.34. The Balaban J connectivity index is 2.05. The minimum absolute atomic E-state index is 0.195. The molecule has 5 nitrogen and oxygen atoms in total. The maximum Gasteiger partial charge on any atom is 0.174 e. The van der Waals surface area contributed by atoms with E-state index in [1.54, 1.807) is 22.7 Å². The van der Waals surface area contributed by atoms with Crippen molar-refractivity contribution in [2.75, 3.05) is 7.11 Å². The van der Waals surface area contributed by atoms with Crippen LogP contribution in [0.3, 0.4) is 0 Å². The first-order chi connectivity index (χ1) is 13.4. The molecule has 6 heteroatoms. The molecule has 0 aliphatic carbocycles. The predicted octanol–water partition coefficient (Wildman–Crippen LogP) is 4.84. The van der Waals surface area contributed by atoms with E-state index in [4.69, 9.17) is 9.72 Å². The molecule has 0 spiro atoms. The Morgan fingerprint density at radius 1 is 1.07 bits per heavy atom. The lowest BCUT2D eigenvalue weighted by Gasteiger charge is -2.10. The summed E-state index contributed by atoms with van der Waals surface area (Å²) < 4.78 is 21.8. The fourth-order valence-corrected chi connectivity index (χ4v) is 3.56. The van der Waals surface area contributed by atoms with Gasteiger partial charge in [0, 0.05) is 17.5 Å². The van der Waals surface area contributed by atoms with E-state index in [0.29, 0.717) is 16.9 Å². The first kappa shape index (κ1) is 18.1. The fourth-order valence-electron chi connectivity index (χ4n) is 3.56. The molecule has 4 rings (SSSR count). The maximum atomic E-state index is 15.0. The van der Waals surface area contributed by atoms with Crippen LogP contribution in [-0.4, -0.2) is 26.7 Å². The molecule has 28 heavy (non-hydrogen) atoms. The van der Waals surface area contributed by atoms with Crippen LogP contribution in [0.2, 0.25) is 0 Å². The summed E-state index contributed by atoms with van der Waals surface area (Å²) in [5.74, 6) is -0.225. The first-order valence-electron chi connectivity index (χ1n) is 9.04. The standard InChI is InChI=1S/C22H21FN4O/c1-12-9-13(2)21(24-11-12)19-15(4)26-27-17(10-14(3)25-22(19)27)16-7-6-8-18(28-5)20(16)23/h6-11H,1-5H3. The summed E-state index contributed by atoms with van der Waals surface area (Å²) >= 11 is 0. The van der Waals surface area contributed by atoms with Crippen LogP contribution in [-0.2, 0) is 0 Å². The second-order valence-electron chi connectivity index (χ2n) is 6.98. The van der Waals surface area contributed by atoms with Crippen LogP contribution in [0, 0.1) is 33.5 Å². The fraction of sp³-hybridized carbons (Fsp3) is 0.227. The van der Waals surface area contributed by atoms with Crippen LogP contribution >= 0.6 is 0 Å². The highest BCUT2D eigenvalue weighted by Crippen LogP contribution is 2.34. The minimum atomic E-state index is -0.420. The summed E-state index contributed by atoms with van der Waals surface area (Å²) in [5.41, 5.74) is 7.12. The molecule has 4 aromatic rings. The number of nitrogens with zero attached hydrogens (tertiary/aromatic N) is 4. The van der Waals surface area contributed by atoms with Gasteiger partial charge >= 0.3 is 0 Å². The Morgan fingerprint density at radius 3 is 2.57 bits per heavy atom. The van der Waals surface area contributed by atoms with Crippen molar-refractivity contribution in [2.24, 2.45) is 0 Å². The summed E-state index contributed by atoms with van der Waals surface area (Å²) in [4.78, 5) is 9.32. The minimum Gasteiger partial charge on any atom is -0.494 e. The maximum absolute atomic E-state index is 15.0. The van der Waals surface area contributed by atoms with Crippen molar-refractivity contribution in [1.82, 2.24) is 19.6 Å². The number of fused-ring (bicyclic) bond motifs is 1. The number of rotatable bonds is 3. The molecule has 0 aliphatic heterocycles. The molecule has 142 valence electrons. The van der Waals surface area contributed by atoms with Gasteiger partial charge in [-0.15, -0.1) is 0 Å². The van der Waals surface area contributed by atoms with Crippen molar-refractivity contribution in [1.29, 1.82) is 0 Å². The number of pyridine rings is 1. The number of methoxy groups -OCH3 is 1. The zero-order chi connectivity index (χ0) is 20.0. The molecule has 0 amide bonds. The first-order valence-corrected chi connectivity index (χ1v) is 9.04. The number of benzene rings is 1. The van der Waals surface area contributed by atoms with Crippen molar-refractivity contribution < 1.29 is 9.13 Å². The number of hydrogen-bond acceptors (Lipinski definition) is 4. The van der Waals surface area contributed by atoms with Crippen LogP contribution < -0.4 is 4.74 Å². The highest BCUT2D eigenvalue weighted by molar-refractivity contribution is 5.81.